The van der Waals surface area contributed by atoms with Gasteiger partial charge in [-0.05, 0) is 37.5 Å². The second-order valence-corrected chi connectivity index (χ2v) is 5.01. The summed E-state index contributed by atoms with van der Waals surface area (Å²) in [5, 5.41) is 0. The van der Waals surface area contributed by atoms with Crippen molar-refractivity contribution < 1.29 is 4.79 Å². The SMILES string of the molecule is CCCC1CC2CC(C=O)C1C=C2C. The molecule has 0 aromatic carbocycles. The summed E-state index contributed by atoms with van der Waals surface area (Å²) >= 11 is 0. The summed E-state index contributed by atoms with van der Waals surface area (Å²) in [6.45, 7) is 4.48. The van der Waals surface area contributed by atoms with Crippen LogP contribution < -0.4 is 0 Å². The fourth-order valence-electron chi connectivity index (χ4n) is 3.35. The van der Waals surface area contributed by atoms with Crippen molar-refractivity contribution in [1.29, 1.82) is 0 Å². The van der Waals surface area contributed by atoms with Crippen LogP contribution in [0.3, 0.4) is 0 Å². The van der Waals surface area contributed by atoms with Crippen molar-refractivity contribution in [2.24, 2.45) is 23.7 Å². The third-order valence-corrected chi connectivity index (χ3v) is 4.12. The van der Waals surface area contributed by atoms with Crippen molar-refractivity contribution in [3.05, 3.63) is 11.6 Å². The van der Waals surface area contributed by atoms with Crippen LogP contribution in [0.2, 0.25) is 0 Å². The average Bonchev–Trinajstić information content (AvgIpc) is 2.19. The Morgan fingerprint density at radius 2 is 2.29 bits per heavy atom. The van der Waals surface area contributed by atoms with E-state index in [-0.39, 0.29) is 0 Å². The molecule has 0 spiro atoms. The van der Waals surface area contributed by atoms with E-state index < -0.39 is 0 Å². The Balaban J connectivity index is 2.17. The van der Waals surface area contributed by atoms with Crippen LogP contribution in [0.1, 0.15) is 39.5 Å². The molecule has 0 radical (unpaired) electrons. The lowest BCUT2D eigenvalue weighted by Crippen LogP contribution is -2.37. The first-order chi connectivity index (χ1) is 6.76. The number of aldehydes is 1. The van der Waals surface area contributed by atoms with Crippen molar-refractivity contribution in [2.75, 3.05) is 0 Å². The molecule has 1 heteroatoms. The molecule has 4 unspecified atom stereocenters. The zero-order valence-corrected chi connectivity index (χ0v) is 9.20. The molecule has 0 N–H and O–H groups in total. The number of carbonyl (C=O) groups is 1. The van der Waals surface area contributed by atoms with E-state index in [1.807, 2.05) is 0 Å². The molecule has 0 aromatic heterocycles. The molecule has 0 saturated heterocycles. The largest absolute Gasteiger partial charge is 0.303 e. The van der Waals surface area contributed by atoms with Crippen molar-refractivity contribution in [2.45, 2.75) is 39.5 Å². The van der Waals surface area contributed by atoms with Crippen molar-refractivity contribution in [3.8, 4) is 0 Å². The molecule has 1 fully saturated rings. The molecule has 14 heavy (non-hydrogen) atoms. The first kappa shape index (κ1) is 9.95. The number of rotatable bonds is 3. The molecule has 3 rings (SSSR count). The predicted molar refractivity (Wildman–Crippen MR) is 57.9 cm³/mol. The highest BCUT2D eigenvalue weighted by Gasteiger charge is 2.40. The van der Waals surface area contributed by atoms with E-state index in [0.717, 1.165) is 12.3 Å². The lowest BCUT2D eigenvalue weighted by Gasteiger charge is -2.44. The Bertz CT molecular complexity index is 254. The smallest absolute Gasteiger partial charge is 0.123 e. The fourth-order valence-corrected chi connectivity index (χ4v) is 3.35. The Labute approximate surface area is 86.6 Å². The van der Waals surface area contributed by atoms with E-state index in [1.165, 1.54) is 25.5 Å². The lowest BCUT2D eigenvalue weighted by molar-refractivity contribution is -0.114. The van der Waals surface area contributed by atoms with Crippen molar-refractivity contribution >= 4 is 6.29 Å². The topological polar surface area (TPSA) is 17.1 Å². The molecular formula is C13H20O. The number of hydrogen-bond acceptors (Lipinski definition) is 1. The minimum absolute atomic E-state index is 0.328. The zero-order valence-electron chi connectivity index (χ0n) is 9.20. The van der Waals surface area contributed by atoms with Gasteiger partial charge in [0.15, 0.2) is 0 Å². The van der Waals surface area contributed by atoms with Gasteiger partial charge in [0.2, 0.25) is 0 Å². The van der Waals surface area contributed by atoms with Gasteiger partial charge in [-0.1, -0.05) is 31.4 Å². The summed E-state index contributed by atoms with van der Waals surface area (Å²) in [7, 11) is 0. The molecule has 3 aliphatic carbocycles. The standard InChI is InChI=1S/C13H20O/c1-3-4-10-6-11-7-12(8-14)13(10)5-9(11)2/h5,8,10-13H,3-4,6-7H2,1-2H3. The molecule has 0 amide bonds. The van der Waals surface area contributed by atoms with Crippen LogP contribution in [-0.4, -0.2) is 6.29 Å². The molecule has 4 atom stereocenters. The molecule has 1 nitrogen and oxygen atoms in total. The number of carbonyl (C=O) groups excluding carboxylic acids is 1. The molecular weight excluding hydrogens is 172 g/mol. The van der Waals surface area contributed by atoms with E-state index >= 15 is 0 Å². The summed E-state index contributed by atoms with van der Waals surface area (Å²) in [6, 6.07) is 0. The zero-order chi connectivity index (χ0) is 10.1. The summed E-state index contributed by atoms with van der Waals surface area (Å²) < 4.78 is 0. The van der Waals surface area contributed by atoms with Crippen LogP contribution in [0.4, 0.5) is 0 Å². The molecule has 0 aromatic rings. The van der Waals surface area contributed by atoms with Gasteiger partial charge in [-0.15, -0.1) is 0 Å². The van der Waals surface area contributed by atoms with E-state index in [2.05, 4.69) is 19.9 Å². The van der Waals surface area contributed by atoms with Crippen LogP contribution in [0.25, 0.3) is 0 Å². The third-order valence-electron chi connectivity index (χ3n) is 4.12. The summed E-state index contributed by atoms with van der Waals surface area (Å²) in [5.74, 6) is 2.40. The van der Waals surface area contributed by atoms with Crippen LogP contribution in [0.15, 0.2) is 11.6 Å². The van der Waals surface area contributed by atoms with Gasteiger partial charge in [-0.3, -0.25) is 0 Å². The first-order valence-electron chi connectivity index (χ1n) is 5.89. The quantitative estimate of drug-likeness (QED) is 0.495. The van der Waals surface area contributed by atoms with Gasteiger partial charge in [0.1, 0.15) is 6.29 Å². The minimum atomic E-state index is 0.328. The Hall–Kier alpha value is -0.590. The maximum absolute atomic E-state index is 11.0. The van der Waals surface area contributed by atoms with Gasteiger partial charge in [-0.25, -0.2) is 0 Å². The highest BCUT2D eigenvalue weighted by Crippen LogP contribution is 2.48. The highest BCUT2D eigenvalue weighted by molar-refractivity contribution is 5.56. The number of hydrogen-bond donors (Lipinski definition) is 0. The fraction of sp³-hybridized carbons (Fsp3) is 0.769. The molecule has 2 bridgehead atoms. The lowest BCUT2D eigenvalue weighted by atomic mass is 9.60. The molecule has 3 aliphatic rings. The Morgan fingerprint density at radius 1 is 1.50 bits per heavy atom. The highest BCUT2D eigenvalue weighted by atomic mass is 16.1. The monoisotopic (exact) mass is 192 g/mol. The van der Waals surface area contributed by atoms with Crippen LogP contribution in [0.5, 0.6) is 0 Å². The Kier molecular flexibility index (Phi) is 2.76. The summed E-state index contributed by atoms with van der Waals surface area (Å²) in [5.41, 5.74) is 1.54. The Morgan fingerprint density at radius 3 is 2.86 bits per heavy atom. The van der Waals surface area contributed by atoms with Gasteiger partial charge in [0.25, 0.3) is 0 Å². The van der Waals surface area contributed by atoms with Gasteiger partial charge < -0.3 is 4.79 Å². The van der Waals surface area contributed by atoms with E-state index in [0.29, 0.717) is 17.8 Å². The van der Waals surface area contributed by atoms with Crippen LogP contribution >= 0.6 is 0 Å². The molecule has 78 valence electrons. The van der Waals surface area contributed by atoms with E-state index in [9.17, 15) is 4.79 Å². The van der Waals surface area contributed by atoms with Crippen molar-refractivity contribution in [3.63, 3.8) is 0 Å². The van der Waals surface area contributed by atoms with E-state index in [4.69, 9.17) is 0 Å². The normalized spacial score (nSPS) is 40.9. The van der Waals surface area contributed by atoms with Gasteiger partial charge in [0, 0.05) is 5.92 Å². The maximum atomic E-state index is 11.0. The number of fused-ring (bicyclic) bond motifs is 2. The van der Waals surface area contributed by atoms with Crippen molar-refractivity contribution in [1.82, 2.24) is 0 Å². The maximum Gasteiger partial charge on any atom is 0.123 e. The second-order valence-electron chi connectivity index (χ2n) is 5.01. The number of allylic oxidation sites excluding steroid dienone is 2. The molecule has 0 aliphatic heterocycles. The van der Waals surface area contributed by atoms with Gasteiger partial charge in [-0.2, -0.15) is 0 Å². The van der Waals surface area contributed by atoms with Crippen LogP contribution in [0, 0.1) is 23.7 Å². The van der Waals surface area contributed by atoms with E-state index in [1.54, 1.807) is 5.57 Å². The second kappa shape index (κ2) is 3.88. The average molecular weight is 192 g/mol. The van der Waals surface area contributed by atoms with Gasteiger partial charge >= 0.3 is 0 Å². The predicted octanol–water partition coefficient (Wildman–Crippen LogP) is 3.20. The first-order valence-corrected chi connectivity index (χ1v) is 5.89. The molecule has 0 heterocycles. The minimum Gasteiger partial charge on any atom is -0.303 e. The third kappa shape index (κ3) is 1.53. The van der Waals surface area contributed by atoms with Gasteiger partial charge in [0.05, 0.1) is 0 Å². The summed E-state index contributed by atoms with van der Waals surface area (Å²) in [4.78, 5) is 11.0. The summed E-state index contributed by atoms with van der Waals surface area (Å²) in [6.07, 6.45) is 8.60. The molecule has 1 saturated carbocycles. The van der Waals surface area contributed by atoms with Crippen LogP contribution in [-0.2, 0) is 4.79 Å².